The van der Waals surface area contributed by atoms with Gasteiger partial charge in [-0.15, -0.1) is 0 Å². The highest BCUT2D eigenvalue weighted by atomic mass is 16.5. The van der Waals surface area contributed by atoms with Crippen LogP contribution in [0.25, 0.3) is 0 Å². The van der Waals surface area contributed by atoms with Crippen molar-refractivity contribution in [3.63, 3.8) is 0 Å². The average Bonchev–Trinajstić information content (AvgIpc) is 2.16. The Labute approximate surface area is 87.1 Å². The Hall–Kier alpha value is -2.03. The van der Waals surface area contributed by atoms with E-state index in [1.54, 1.807) is 6.92 Å². The summed E-state index contributed by atoms with van der Waals surface area (Å²) in [7, 11) is 0. The molecule has 0 saturated carbocycles. The van der Waals surface area contributed by atoms with E-state index in [9.17, 15) is 14.7 Å². The Bertz CT molecular complexity index is 327. The molecule has 82 valence electrons. The van der Waals surface area contributed by atoms with E-state index in [1.165, 1.54) is 13.0 Å². The number of hydrogen-bond acceptors (Lipinski definition) is 5. The molecular weight excluding hydrogens is 200 g/mol. The molecule has 6 nitrogen and oxygen atoms in total. The summed E-state index contributed by atoms with van der Waals surface area (Å²) in [5.41, 5.74) is -0.495. The first-order valence-electron chi connectivity index (χ1n) is 4.26. The third-order valence-corrected chi connectivity index (χ3v) is 1.38. The summed E-state index contributed by atoms with van der Waals surface area (Å²) in [6.45, 7) is 2.68. The first kappa shape index (κ1) is 13.0. The van der Waals surface area contributed by atoms with Gasteiger partial charge in [0.25, 0.3) is 0 Å². The van der Waals surface area contributed by atoms with Gasteiger partial charge in [0.05, 0.1) is 13.2 Å². The molecule has 0 fully saturated rings. The number of aliphatic hydroxyl groups excluding tert-OH is 1. The van der Waals surface area contributed by atoms with Crippen molar-refractivity contribution in [2.75, 3.05) is 13.2 Å². The first-order chi connectivity index (χ1) is 7.02. The fourth-order valence-corrected chi connectivity index (χ4v) is 0.728. The van der Waals surface area contributed by atoms with Crippen LogP contribution in [0.3, 0.4) is 0 Å². The van der Waals surface area contributed by atoms with Crippen LogP contribution in [-0.4, -0.2) is 30.1 Å². The van der Waals surface area contributed by atoms with Crippen LogP contribution in [0.5, 0.6) is 0 Å². The summed E-state index contributed by atoms with van der Waals surface area (Å²) < 4.78 is 4.53. The molecule has 0 heterocycles. The van der Waals surface area contributed by atoms with E-state index in [4.69, 9.17) is 5.26 Å². The minimum Gasteiger partial charge on any atom is -0.509 e. The monoisotopic (exact) mass is 212 g/mol. The molecule has 0 atom stereocenters. The molecule has 2 N–H and O–H groups in total. The zero-order chi connectivity index (χ0) is 11.8. The van der Waals surface area contributed by atoms with Crippen LogP contribution < -0.4 is 5.32 Å². The number of nitrogens with zero attached hydrogens (tertiary/aromatic N) is 1. The largest absolute Gasteiger partial charge is 0.509 e. The second kappa shape index (κ2) is 6.43. The molecule has 0 bridgehead atoms. The molecule has 0 aliphatic rings. The highest BCUT2D eigenvalue weighted by Crippen LogP contribution is 2.02. The summed E-state index contributed by atoms with van der Waals surface area (Å²) in [5, 5.41) is 20.1. The number of aliphatic hydroxyl groups is 1. The molecular formula is C9H12N2O4. The molecule has 15 heavy (non-hydrogen) atoms. The van der Waals surface area contributed by atoms with Crippen LogP contribution >= 0.6 is 0 Å². The minimum absolute atomic E-state index is 0.109. The van der Waals surface area contributed by atoms with E-state index in [-0.39, 0.29) is 19.1 Å². The maximum Gasteiger partial charge on any atom is 0.352 e. The van der Waals surface area contributed by atoms with E-state index in [0.29, 0.717) is 0 Å². The quantitative estimate of drug-likeness (QED) is 0.296. The second-order valence-corrected chi connectivity index (χ2v) is 2.56. The van der Waals surface area contributed by atoms with Gasteiger partial charge >= 0.3 is 5.97 Å². The van der Waals surface area contributed by atoms with Gasteiger partial charge in [-0.25, -0.2) is 4.79 Å². The second-order valence-electron chi connectivity index (χ2n) is 2.56. The normalized spacial score (nSPS) is 11.0. The van der Waals surface area contributed by atoms with Crippen LogP contribution in [0.15, 0.2) is 11.3 Å². The molecule has 0 aliphatic carbocycles. The predicted molar refractivity (Wildman–Crippen MR) is 50.6 cm³/mol. The van der Waals surface area contributed by atoms with E-state index >= 15 is 0 Å². The van der Waals surface area contributed by atoms with Gasteiger partial charge in [-0.3, -0.25) is 4.79 Å². The average molecular weight is 212 g/mol. The lowest BCUT2D eigenvalue weighted by Gasteiger charge is -2.04. The molecule has 6 heteroatoms. The number of carbonyl (C=O) groups is 2. The summed E-state index contributed by atoms with van der Waals surface area (Å²) in [6.07, 6.45) is 0. The van der Waals surface area contributed by atoms with Crippen molar-refractivity contribution >= 4 is 11.9 Å². The number of amides is 1. The lowest BCUT2D eigenvalue weighted by molar-refractivity contribution is -0.138. The van der Waals surface area contributed by atoms with E-state index in [1.807, 2.05) is 0 Å². The van der Waals surface area contributed by atoms with Crippen LogP contribution in [0, 0.1) is 11.3 Å². The van der Waals surface area contributed by atoms with E-state index < -0.39 is 17.3 Å². The van der Waals surface area contributed by atoms with Crippen molar-refractivity contribution in [1.82, 2.24) is 5.32 Å². The third kappa shape index (κ3) is 4.67. The van der Waals surface area contributed by atoms with Gasteiger partial charge in [-0.05, 0) is 6.92 Å². The zero-order valence-corrected chi connectivity index (χ0v) is 8.53. The number of nitrogens with one attached hydrogen (secondary N) is 1. The van der Waals surface area contributed by atoms with Crippen molar-refractivity contribution in [1.29, 1.82) is 5.26 Å². The minimum atomic E-state index is -0.900. The van der Waals surface area contributed by atoms with Gasteiger partial charge < -0.3 is 15.2 Å². The van der Waals surface area contributed by atoms with Gasteiger partial charge in [0.1, 0.15) is 11.8 Å². The van der Waals surface area contributed by atoms with Gasteiger partial charge in [-0.2, -0.15) is 5.26 Å². The number of esters is 1. The number of carbonyl (C=O) groups excluding carboxylic acids is 2. The molecule has 0 aromatic carbocycles. The molecule has 0 unspecified atom stereocenters. The SMILES string of the molecule is CCOC(=O)C(C#N)=C(O)CNC(C)=O. The van der Waals surface area contributed by atoms with E-state index in [2.05, 4.69) is 10.1 Å². The van der Waals surface area contributed by atoms with Crippen molar-refractivity contribution in [3.8, 4) is 6.07 Å². The van der Waals surface area contributed by atoms with E-state index in [0.717, 1.165) is 0 Å². The number of hydrogen-bond donors (Lipinski definition) is 2. The molecule has 0 aliphatic heterocycles. The van der Waals surface area contributed by atoms with Crippen LogP contribution in [0.1, 0.15) is 13.8 Å². The molecule has 0 spiro atoms. The third-order valence-electron chi connectivity index (χ3n) is 1.38. The number of ether oxygens (including phenoxy) is 1. The molecule has 1 amide bonds. The topological polar surface area (TPSA) is 99.4 Å². The van der Waals surface area contributed by atoms with Crippen molar-refractivity contribution < 1.29 is 19.4 Å². The highest BCUT2D eigenvalue weighted by molar-refractivity contribution is 5.93. The Morgan fingerprint density at radius 2 is 2.13 bits per heavy atom. The Kier molecular flexibility index (Phi) is 5.56. The van der Waals surface area contributed by atoms with Gasteiger partial charge in [0.15, 0.2) is 5.57 Å². The zero-order valence-electron chi connectivity index (χ0n) is 8.53. The van der Waals surface area contributed by atoms with Crippen molar-refractivity contribution in [2.45, 2.75) is 13.8 Å². The molecule has 0 radical (unpaired) electrons. The molecule has 0 aromatic rings. The van der Waals surface area contributed by atoms with Crippen LogP contribution in [0.4, 0.5) is 0 Å². The smallest absolute Gasteiger partial charge is 0.352 e. The summed E-state index contributed by atoms with van der Waals surface area (Å²) in [5.74, 6) is -1.78. The fourth-order valence-electron chi connectivity index (χ4n) is 0.728. The highest BCUT2D eigenvalue weighted by Gasteiger charge is 2.15. The van der Waals surface area contributed by atoms with Crippen molar-refractivity contribution in [3.05, 3.63) is 11.3 Å². The molecule has 0 aromatic heterocycles. The lowest BCUT2D eigenvalue weighted by Crippen LogP contribution is -2.24. The van der Waals surface area contributed by atoms with Gasteiger partial charge in [-0.1, -0.05) is 0 Å². The van der Waals surface area contributed by atoms with Crippen LogP contribution in [0.2, 0.25) is 0 Å². The summed E-state index contributed by atoms with van der Waals surface area (Å²) >= 11 is 0. The summed E-state index contributed by atoms with van der Waals surface area (Å²) in [6, 6.07) is 1.51. The molecule has 0 rings (SSSR count). The maximum atomic E-state index is 11.1. The van der Waals surface area contributed by atoms with Gasteiger partial charge in [0.2, 0.25) is 5.91 Å². The number of nitriles is 1. The Morgan fingerprint density at radius 1 is 1.53 bits per heavy atom. The Balaban J connectivity index is 4.61. The first-order valence-corrected chi connectivity index (χ1v) is 4.26. The maximum absolute atomic E-state index is 11.1. The fraction of sp³-hybridized carbons (Fsp3) is 0.444. The van der Waals surface area contributed by atoms with Crippen molar-refractivity contribution in [2.24, 2.45) is 0 Å². The predicted octanol–water partition coefficient (Wildman–Crippen LogP) is 0.0213. The van der Waals surface area contributed by atoms with Crippen LogP contribution in [-0.2, 0) is 14.3 Å². The number of rotatable bonds is 4. The summed E-state index contributed by atoms with van der Waals surface area (Å²) in [4.78, 5) is 21.6. The van der Waals surface area contributed by atoms with Gasteiger partial charge in [0, 0.05) is 6.92 Å². The Morgan fingerprint density at radius 3 is 2.53 bits per heavy atom. The molecule has 0 saturated heterocycles. The standard InChI is InChI=1S/C9H12N2O4/c1-3-15-9(14)7(4-10)8(13)5-11-6(2)12/h13H,3,5H2,1-2H3,(H,11,12). The lowest BCUT2D eigenvalue weighted by atomic mass is 10.2.